The number of piperazine rings is 1. The van der Waals surface area contributed by atoms with E-state index in [4.69, 9.17) is 11.6 Å². The molecule has 0 bridgehead atoms. The molecule has 4 nitrogen and oxygen atoms in total. The average Bonchev–Trinajstić information content (AvgIpc) is 3.09. The van der Waals surface area contributed by atoms with Crippen molar-refractivity contribution in [3.05, 3.63) is 34.9 Å². The third-order valence-corrected chi connectivity index (χ3v) is 5.23. The van der Waals surface area contributed by atoms with Gasteiger partial charge in [-0.25, -0.2) is 0 Å². The molecule has 0 spiro atoms. The van der Waals surface area contributed by atoms with Gasteiger partial charge in [-0.2, -0.15) is 0 Å². The Bertz CT molecular complexity index is 522. The maximum Gasteiger partial charge on any atom is 0.239 e. The minimum absolute atomic E-state index is 0.0486. The van der Waals surface area contributed by atoms with E-state index in [0.717, 1.165) is 50.6 Å². The molecule has 3 rings (SSSR count). The van der Waals surface area contributed by atoms with Crippen LogP contribution in [-0.2, 0) is 4.79 Å². The van der Waals surface area contributed by atoms with Crippen LogP contribution in [0.2, 0.25) is 5.02 Å². The average molecular weight is 322 g/mol. The van der Waals surface area contributed by atoms with Gasteiger partial charge in [0.1, 0.15) is 0 Å². The largest absolute Gasteiger partial charge is 0.339 e. The standard InChI is InChI=1S/C17H24ClN3O/c1-13(14-5-2-3-6-15(14)18)20-9-11-21(12-10-20)17(22)16-7-4-8-19-16/h2-3,5-6,13,16,19H,4,7-12H2,1H3. The van der Waals surface area contributed by atoms with E-state index in [2.05, 4.69) is 23.2 Å². The van der Waals surface area contributed by atoms with Gasteiger partial charge in [-0.3, -0.25) is 9.69 Å². The lowest BCUT2D eigenvalue weighted by molar-refractivity contribution is -0.135. The van der Waals surface area contributed by atoms with Gasteiger partial charge in [0, 0.05) is 37.2 Å². The van der Waals surface area contributed by atoms with Crippen LogP contribution in [0.4, 0.5) is 0 Å². The summed E-state index contributed by atoms with van der Waals surface area (Å²) in [7, 11) is 0. The Kier molecular flexibility index (Phi) is 5.01. The normalized spacial score (nSPS) is 24.5. The van der Waals surface area contributed by atoms with Crippen molar-refractivity contribution in [2.45, 2.75) is 31.8 Å². The van der Waals surface area contributed by atoms with E-state index < -0.39 is 0 Å². The molecule has 2 saturated heterocycles. The van der Waals surface area contributed by atoms with Crippen molar-refractivity contribution in [2.75, 3.05) is 32.7 Å². The van der Waals surface area contributed by atoms with Crippen molar-refractivity contribution in [2.24, 2.45) is 0 Å². The summed E-state index contributed by atoms with van der Waals surface area (Å²) < 4.78 is 0. The van der Waals surface area contributed by atoms with Gasteiger partial charge < -0.3 is 10.2 Å². The number of carbonyl (C=O) groups excluding carboxylic acids is 1. The van der Waals surface area contributed by atoms with E-state index in [-0.39, 0.29) is 18.0 Å². The van der Waals surface area contributed by atoms with Gasteiger partial charge in [-0.15, -0.1) is 0 Å². The third-order valence-electron chi connectivity index (χ3n) is 4.89. The SMILES string of the molecule is CC(c1ccccc1Cl)N1CCN(C(=O)C2CCCN2)CC1. The van der Waals surface area contributed by atoms with Crippen LogP contribution in [0.3, 0.4) is 0 Å². The van der Waals surface area contributed by atoms with Gasteiger partial charge >= 0.3 is 0 Å². The summed E-state index contributed by atoms with van der Waals surface area (Å²) in [6.45, 7) is 6.60. The van der Waals surface area contributed by atoms with E-state index in [9.17, 15) is 4.79 Å². The lowest BCUT2D eigenvalue weighted by Crippen LogP contribution is -2.53. The highest BCUT2D eigenvalue weighted by molar-refractivity contribution is 6.31. The second kappa shape index (κ2) is 6.99. The molecule has 1 aromatic rings. The summed E-state index contributed by atoms with van der Waals surface area (Å²) in [5.41, 5.74) is 1.17. The maximum atomic E-state index is 12.4. The van der Waals surface area contributed by atoms with Crippen LogP contribution in [-0.4, -0.2) is 54.5 Å². The van der Waals surface area contributed by atoms with Crippen LogP contribution in [0.15, 0.2) is 24.3 Å². The van der Waals surface area contributed by atoms with E-state index >= 15 is 0 Å². The Balaban J connectivity index is 1.57. The Hall–Kier alpha value is -1.10. The first-order valence-electron chi connectivity index (χ1n) is 8.17. The first-order chi connectivity index (χ1) is 10.7. The predicted molar refractivity (Wildman–Crippen MR) is 89.0 cm³/mol. The molecule has 2 atom stereocenters. The number of carbonyl (C=O) groups is 1. The smallest absolute Gasteiger partial charge is 0.239 e. The van der Waals surface area contributed by atoms with E-state index in [1.807, 2.05) is 23.1 Å². The molecule has 22 heavy (non-hydrogen) atoms. The van der Waals surface area contributed by atoms with Crippen molar-refractivity contribution >= 4 is 17.5 Å². The van der Waals surface area contributed by atoms with Crippen molar-refractivity contribution in [3.8, 4) is 0 Å². The van der Waals surface area contributed by atoms with Gasteiger partial charge in [0.2, 0.25) is 5.91 Å². The van der Waals surface area contributed by atoms with Gasteiger partial charge in [-0.1, -0.05) is 29.8 Å². The molecule has 2 aliphatic rings. The second-order valence-corrected chi connectivity index (χ2v) is 6.61. The summed E-state index contributed by atoms with van der Waals surface area (Å²) in [6.07, 6.45) is 2.09. The Labute approximate surface area is 137 Å². The first kappa shape index (κ1) is 15.8. The Morgan fingerprint density at radius 3 is 2.64 bits per heavy atom. The van der Waals surface area contributed by atoms with Crippen molar-refractivity contribution in [1.82, 2.24) is 15.1 Å². The molecular weight excluding hydrogens is 298 g/mol. The maximum absolute atomic E-state index is 12.4. The number of amides is 1. The zero-order valence-corrected chi connectivity index (χ0v) is 13.9. The summed E-state index contributed by atoms with van der Waals surface area (Å²) in [5, 5.41) is 4.12. The molecule has 0 aliphatic carbocycles. The number of halogens is 1. The molecule has 5 heteroatoms. The van der Waals surface area contributed by atoms with Crippen LogP contribution in [0.5, 0.6) is 0 Å². The number of rotatable bonds is 3. The third kappa shape index (κ3) is 3.29. The van der Waals surface area contributed by atoms with E-state index in [0.29, 0.717) is 0 Å². The van der Waals surface area contributed by atoms with Crippen LogP contribution in [0, 0.1) is 0 Å². The number of benzene rings is 1. The number of hydrogen-bond donors (Lipinski definition) is 1. The molecule has 2 heterocycles. The Morgan fingerprint density at radius 2 is 2.00 bits per heavy atom. The van der Waals surface area contributed by atoms with Crippen LogP contribution < -0.4 is 5.32 Å². The zero-order chi connectivity index (χ0) is 15.5. The molecule has 0 saturated carbocycles. The predicted octanol–water partition coefficient (Wildman–Crippen LogP) is 2.30. The lowest BCUT2D eigenvalue weighted by Gasteiger charge is -2.39. The molecule has 1 amide bonds. The number of nitrogens with zero attached hydrogens (tertiary/aromatic N) is 2. The van der Waals surface area contributed by atoms with Crippen LogP contribution in [0.25, 0.3) is 0 Å². The highest BCUT2D eigenvalue weighted by atomic mass is 35.5. The Morgan fingerprint density at radius 1 is 1.27 bits per heavy atom. The second-order valence-electron chi connectivity index (χ2n) is 6.21. The van der Waals surface area contributed by atoms with E-state index in [1.165, 1.54) is 5.56 Å². The van der Waals surface area contributed by atoms with Gasteiger partial charge in [0.15, 0.2) is 0 Å². The molecule has 2 fully saturated rings. The number of hydrogen-bond acceptors (Lipinski definition) is 3. The lowest BCUT2D eigenvalue weighted by atomic mass is 10.1. The van der Waals surface area contributed by atoms with Gasteiger partial charge in [0.25, 0.3) is 0 Å². The van der Waals surface area contributed by atoms with Crippen molar-refractivity contribution in [3.63, 3.8) is 0 Å². The minimum Gasteiger partial charge on any atom is -0.339 e. The molecule has 1 aromatic carbocycles. The summed E-state index contributed by atoms with van der Waals surface area (Å²) in [6, 6.07) is 8.36. The van der Waals surface area contributed by atoms with E-state index in [1.54, 1.807) is 0 Å². The first-order valence-corrected chi connectivity index (χ1v) is 8.55. The highest BCUT2D eigenvalue weighted by Crippen LogP contribution is 2.27. The van der Waals surface area contributed by atoms with Crippen LogP contribution in [0.1, 0.15) is 31.4 Å². The fourth-order valence-electron chi connectivity index (χ4n) is 3.46. The fourth-order valence-corrected chi connectivity index (χ4v) is 3.75. The zero-order valence-electron chi connectivity index (χ0n) is 13.1. The van der Waals surface area contributed by atoms with Crippen molar-refractivity contribution < 1.29 is 4.79 Å². The summed E-state index contributed by atoms with van der Waals surface area (Å²) in [4.78, 5) is 16.8. The monoisotopic (exact) mass is 321 g/mol. The molecule has 120 valence electrons. The summed E-state index contributed by atoms with van der Waals surface area (Å²) in [5.74, 6) is 0.280. The molecule has 0 radical (unpaired) electrons. The molecule has 2 aliphatic heterocycles. The summed E-state index contributed by atoms with van der Waals surface area (Å²) >= 11 is 6.30. The quantitative estimate of drug-likeness (QED) is 0.928. The minimum atomic E-state index is 0.0486. The topological polar surface area (TPSA) is 35.6 Å². The van der Waals surface area contributed by atoms with Gasteiger partial charge in [-0.05, 0) is 37.9 Å². The highest BCUT2D eigenvalue weighted by Gasteiger charge is 2.30. The van der Waals surface area contributed by atoms with Crippen molar-refractivity contribution in [1.29, 1.82) is 0 Å². The molecular formula is C17H24ClN3O. The molecule has 2 unspecified atom stereocenters. The molecule has 0 aromatic heterocycles. The van der Waals surface area contributed by atoms with Gasteiger partial charge in [0.05, 0.1) is 6.04 Å². The molecule has 1 N–H and O–H groups in total. The number of nitrogens with one attached hydrogen (secondary N) is 1. The van der Waals surface area contributed by atoms with Crippen LogP contribution >= 0.6 is 11.6 Å². The fraction of sp³-hybridized carbons (Fsp3) is 0.588.